The van der Waals surface area contributed by atoms with Crippen LogP contribution in [0.25, 0.3) is 0 Å². The number of rotatable bonds is 1. The van der Waals surface area contributed by atoms with Crippen molar-refractivity contribution in [3.63, 3.8) is 0 Å². The molecule has 1 N–H and O–H groups in total. The van der Waals surface area contributed by atoms with Crippen LogP contribution in [0.4, 0.5) is 13.2 Å². The Morgan fingerprint density at radius 2 is 1.83 bits per heavy atom. The van der Waals surface area contributed by atoms with E-state index in [1.54, 1.807) is 4.90 Å². The zero-order valence-corrected chi connectivity index (χ0v) is 10.5. The van der Waals surface area contributed by atoms with Gasteiger partial charge in [0.05, 0.1) is 12.0 Å². The fourth-order valence-corrected chi connectivity index (χ4v) is 2.79. The van der Waals surface area contributed by atoms with E-state index >= 15 is 0 Å². The summed E-state index contributed by atoms with van der Waals surface area (Å²) in [6.07, 6.45) is -3.09. The van der Waals surface area contributed by atoms with Gasteiger partial charge in [-0.2, -0.15) is 13.2 Å². The third-order valence-electron chi connectivity index (χ3n) is 4.07. The van der Waals surface area contributed by atoms with Crippen molar-refractivity contribution in [2.24, 2.45) is 11.8 Å². The van der Waals surface area contributed by atoms with Gasteiger partial charge in [0, 0.05) is 13.1 Å². The Labute approximate surface area is 105 Å². The van der Waals surface area contributed by atoms with Crippen molar-refractivity contribution in [1.29, 1.82) is 0 Å². The molecule has 2 unspecified atom stereocenters. The molecule has 1 amide bonds. The Hall–Kier alpha value is -0.780. The highest BCUT2D eigenvalue weighted by Gasteiger charge is 2.43. The van der Waals surface area contributed by atoms with E-state index in [4.69, 9.17) is 0 Å². The van der Waals surface area contributed by atoms with Crippen molar-refractivity contribution in [2.75, 3.05) is 19.6 Å². The van der Waals surface area contributed by atoms with Crippen LogP contribution in [0.3, 0.4) is 0 Å². The molecule has 0 spiro atoms. The van der Waals surface area contributed by atoms with Gasteiger partial charge in [0.1, 0.15) is 0 Å². The smallest absolute Gasteiger partial charge is 0.341 e. The topological polar surface area (TPSA) is 32.3 Å². The summed E-state index contributed by atoms with van der Waals surface area (Å²) in [5.74, 6) is -0.992. The monoisotopic (exact) mass is 264 g/mol. The van der Waals surface area contributed by atoms with Gasteiger partial charge in [0.25, 0.3) is 0 Å². The highest BCUT2D eigenvalue weighted by Crippen LogP contribution is 2.34. The summed E-state index contributed by atoms with van der Waals surface area (Å²) in [5, 5.41) is 3.13. The van der Waals surface area contributed by atoms with Crippen LogP contribution in [0.1, 0.15) is 26.2 Å². The minimum absolute atomic E-state index is 0.0272. The highest BCUT2D eigenvalue weighted by atomic mass is 19.4. The average molecular weight is 264 g/mol. The quantitative estimate of drug-likeness (QED) is 0.783. The second-order valence-corrected chi connectivity index (χ2v) is 5.34. The number of halogens is 3. The van der Waals surface area contributed by atoms with Gasteiger partial charge in [-0.15, -0.1) is 0 Å². The highest BCUT2D eigenvalue weighted by molar-refractivity contribution is 5.82. The van der Waals surface area contributed by atoms with E-state index in [9.17, 15) is 18.0 Å². The van der Waals surface area contributed by atoms with Crippen molar-refractivity contribution in [2.45, 2.75) is 38.4 Å². The molecule has 2 atom stereocenters. The molecule has 18 heavy (non-hydrogen) atoms. The first-order chi connectivity index (χ1) is 8.39. The van der Waals surface area contributed by atoms with Gasteiger partial charge in [-0.1, -0.05) is 6.92 Å². The second kappa shape index (κ2) is 5.07. The van der Waals surface area contributed by atoms with Crippen molar-refractivity contribution < 1.29 is 18.0 Å². The van der Waals surface area contributed by atoms with E-state index in [-0.39, 0.29) is 43.8 Å². The molecule has 2 rings (SSSR count). The van der Waals surface area contributed by atoms with Gasteiger partial charge in [0.2, 0.25) is 5.91 Å². The van der Waals surface area contributed by atoms with Gasteiger partial charge in [-0.05, 0) is 31.7 Å². The van der Waals surface area contributed by atoms with Gasteiger partial charge in [-0.3, -0.25) is 4.79 Å². The molecule has 2 aliphatic heterocycles. The lowest BCUT2D eigenvalue weighted by Crippen LogP contribution is -2.50. The zero-order valence-electron chi connectivity index (χ0n) is 10.5. The molecule has 0 saturated carbocycles. The summed E-state index contributed by atoms with van der Waals surface area (Å²) < 4.78 is 37.5. The first-order valence-corrected chi connectivity index (χ1v) is 6.48. The van der Waals surface area contributed by atoms with E-state index < -0.39 is 12.1 Å². The molecule has 6 heteroatoms. The summed E-state index contributed by atoms with van der Waals surface area (Å²) >= 11 is 0. The van der Waals surface area contributed by atoms with Crippen LogP contribution in [-0.4, -0.2) is 42.7 Å². The number of carbonyl (C=O) groups excluding carboxylic acids is 1. The van der Waals surface area contributed by atoms with E-state index in [1.807, 2.05) is 6.92 Å². The van der Waals surface area contributed by atoms with Crippen LogP contribution in [-0.2, 0) is 4.79 Å². The molecule has 0 bridgehead atoms. The number of hydrogen-bond donors (Lipinski definition) is 1. The zero-order chi connectivity index (χ0) is 13.3. The summed E-state index contributed by atoms with van der Waals surface area (Å²) in [6, 6.07) is -0.201. The molecule has 0 aromatic heterocycles. The number of amides is 1. The molecule has 0 aromatic rings. The number of nitrogens with zero attached hydrogens (tertiary/aromatic N) is 1. The lowest BCUT2D eigenvalue weighted by atomic mass is 9.94. The Bertz CT molecular complexity index is 311. The maximum absolute atomic E-state index is 12.5. The SMILES string of the molecule is CC1CCNC1C(=O)N1CCC(C(F)(F)F)CC1. The number of alkyl halides is 3. The standard InChI is InChI=1S/C12H19F3N2O/c1-8-2-5-16-10(8)11(18)17-6-3-9(4-7-17)12(13,14)15/h8-10,16H,2-7H2,1H3. The predicted octanol–water partition coefficient (Wildman–Crippen LogP) is 1.79. The summed E-state index contributed by atoms with van der Waals surface area (Å²) in [4.78, 5) is 13.7. The first kappa shape index (κ1) is 13.6. The fourth-order valence-electron chi connectivity index (χ4n) is 2.79. The molecule has 0 radical (unpaired) electrons. The molecule has 2 aliphatic rings. The molecule has 3 nitrogen and oxygen atoms in total. The Kier molecular flexibility index (Phi) is 3.84. The molecular formula is C12H19F3N2O. The van der Waals surface area contributed by atoms with Crippen LogP contribution in [0.15, 0.2) is 0 Å². The Morgan fingerprint density at radius 1 is 1.22 bits per heavy atom. The Balaban J connectivity index is 1.88. The average Bonchev–Trinajstić information content (AvgIpc) is 2.73. The molecule has 104 valence electrons. The van der Waals surface area contributed by atoms with Crippen molar-refractivity contribution >= 4 is 5.91 Å². The number of hydrogen-bond acceptors (Lipinski definition) is 2. The number of carbonyl (C=O) groups is 1. The third-order valence-corrected chi connectivity index (χ3v) is 4.07. The maximum atomic E-state index is 12.5. The number of nitrogens with one attached hydrogen (secondary N) is 1. The molecule has 2 heterocycles. The molecule has 0 aliphatic carbocycles. The largest absolute Gasteiger partial charge is 0.391 e. The predicted molar refractivity (Wildman–Crippen MR) is 60.9 cm³/mol. The van der Waals surface area contributed by atoms with Crippen molar-refractivity contribution in [1.82, 2.24) is 10.2 Å². The molecule has 2 saturated heterocycles. The minimum atomic E-state index is -4.12. The van der Waals surface area contributed by atoms with Crippen molar-refractivity contribution in [3.05, 3.63) is 0 Å². The third kappa shape index (κ3) is 2.79. The normalized spacial score (nSPS) is 30.8. The van der Waals surface area contributed by atoms with Crippen molar-refractivity contribution in [3.8, 4) is 0 Å². The van der Waals surface area contributed by atoms with Gasteiger partial charge >= 0.3 is 6.18 Å². The van der Waals surface area contributed by atoms with Crippen LogP contribution < -0.4 is 5.32 Å². The molecule has 2 fully saturated rings. The number of piperidine rings is 1. The number of likely N-dealkylation sites (tertiary alicyclic amines) is 1. The first-order valence-electron chi connectivity index (χ1n) is 6.48. The van der Waals surface area contributed by atoms with Gasteiger partial charge < -0.3 is 10.2 Å². The lowest BCUT2D eigenvalue weighted by molar-refractivity contribution is -0.186. The minimum Gasteiger partial charge on any atom is -0.341 e. The van der Waals surface area contributed by atoms with E-state index in [0.717, 1.165) is 13.0 Å². The van der Waals surface area contributed by atoms with Crippen LogP contribution >= 0.6 is 0 Å². The molecule has 0 aromatic carbocycles. The van der Waals surface area contributed by atoms with E-state index in [2.05, 4.69) is 5.32 Å². The lowest BCUT2D eigenvalue weighted by Gasteiger charge is -2.35. The van der Waals surface area contributed by atoms with Gasteiger partial charge in [-0.25, -0.2) is 0 Å². The fraction of sp³-hybridized carbons (Fsp3) is 0.917. The van der Waals surface area contributed by atoms with Crippen LogP contribution in [0, 0.1) is 11.8 Å². The second-order valence-electron chi connectivity index (χ2n) is 5.34. The van der Waals surface area contributed by atoms with E-state index in [1.165, 1.54) is 0 Å². The summed E-state index contributed by atoms with van der Waals surface area (Å²) in [5.41, 5.74) is 0. The summed E-state index contributed by atoms with van der Waals surface area (Å²) in [6.45, 7) is 3.28. The maximum Gasteiger partial charge on any atom is 0.391 e. The summed E-state index contributed by atoms with van der Waals surface area (Å²) in [7, 11) is 0. The van der Waals surface area contributed by atoms with Gasteiger partial charge in [0.15, 0.2) is 0 Å². The van der Waals surface area contributed by atoms with Crippen LogP contribution in [0.2, 0.25) is 0 Å². The molecular weight excluding hydrogens is 245 g/mol. The Morgan fingerprint density at radius 3 is 2.28 bits per heavy atom. The van der Waals surface area contributed by atoms with E-state index in [0.29, 0.717) is 0 Å². The van der Waals surface area contributed by atoms with Crippen LogP contribution in [0.5, 0.6) is 0 Å².